The molecule has 1 N–H and O–H groups in total. The maximum absolute atomic E-state index is 11.3. The first-order valence-electron chi connectivity index (χ1n) is 5.54. The average molecular weight is 294 g/mol. The second-order valence-corrected chi connectivity index (χ2v) is 4.09. The van der Waals surface area contributed by atoms with E-state index in [2.05, 4.69) is 0 Å². The van der Waals surface area contributed by atoms with Gasteiger partial charge in [-0.2, -0.15) is 0 Å². The van der Waals surface area contributed by atoms with E-state index in [1.807, 2.05) is 0 Å². The molecule has 9 heteroatoms. The van der Waals surface area contributed by atoms with Crippen LogP contribution in [0.1, 0.15) is 19.4 Å². The van der Waals surface area contributed by atoms with Gasteiger partial charge in [-0.15, -0.1) is 0 Å². The van der Waals surface area contributed by atoms with Gasteiger partial charge in [-0.1, -0.05) is 0 Å². The number of carbonyl (C=O) groups excluding carboxylic acids is 2. The van der Waals surface area contributed by atoms with Crippen molar-refractivity contribution in [1.29, 1.82) is 0 Å². The first-order valence-corrected chi connectivity index (χ1v) is 5.54. The molecule has 0 aliphatic rings. The lowest BCUT2D eigenvalue weighted by molar-refractivity contribution is -0.396. The molecule has 0 amide bonds. The van der Waals surface area contributed by atoms with Gasteiger partial charge in [0.05, 0.1) is 15.4 Å². The molecule has 1 rings (SSSR count). The van der Waals surface area contributed by atoms with Crippen molar-refractivity contribution in [2.75, 3.05) is 0 Å². The lowest BCUT2D eigenvalue weighted by Crippen LogP contribution is -2.06. The van der Waals surface area contributed by atoms with E-state index in [0.29, 0.717) is 0 Å². The number of hydrogen-bond donors (Lipinski definition) is 1. The standard InChI is InChI=1S/C12H10N2O7/c1-6(15)9(7(2)16)3-8-4-10(13(18)19)12(17)11(5-8)14(20)21/h3-5,17H,1-2H3. The Kier molecular flexibility index (Phi) is 4.49. The van der Waals surface area contributed by atoms with E-state index >= 15 is 0 Å². The Labute approximate surface area is 117 Å². The molecule has 0 spiro atoms. The molecule has 0 unspecified atom stereocenters. The van der Waals surface area contributed by atoms with Gasteiger partial charge >= 0.3 is 11.4 Å². The molecule has 0 radical (unpaired) electrons. The van der Waals surface area contributed by atoms with Crippen LogP contribution in [0.15, 0.2) is 17.7 Å². The first kappa shape index (κ1) is 16.0. The van der Waals surface area contributed by atoms with Crippen LogP contribution in [0.5, 0.6) is 5.75 Å². The number of benzene rings is 1. The van der Waals surface area contributed by atoms with E-state index < -0.39 is 38.5 Å². The Morgan fingerprint density at radius 3 is 1.71 bits per heavy atom. The number of phenolic OH excluding ortho intramolecular Hbond substituents is 1. The third-order valence-electron chi connectivity index (χ3n) is 2.55. The number of nitro benzene ring substituents is 2. The number of hydrogen-bond acceptors (Lipinski definition) is 7. The molecule has 1 aromatic carbocycles. The molecule has 21 heavy (non-hydrogen) atoms. The van der Waals surface area contributed by atoms with Gasteiger partial charge in [0.25, 0.3) is 5.75 Å². The van der Waals surface area contributed by atoms with E-state index in [1.54, 1.807) is 0 Å². The summed E-state index contributed by atoms with van der Waals surface area (Å²) in [6, 6.07) is 1.68. The van der Waals surface area contributed by atoms with E-state index in [-0.39, 0.29) is 11.1 Å². The van der Waals surface area contributed by atoms with E-state index in [1.165, 1.54) is 0 Å². The van der Waals surface area contributed by atoms with Gasteiger partial charge in [0.15, 0.2) is 11.6 Å². The van der Waals surface area contributed by atoms with Gasteiger partial charge in [-0.05, 0) is 25.5 Å². The molecular formula is C12H10N2O7. The number of nitrogens with zero attached hydrogens (tertiary/aromatic N) is 2. The topological polar surface area (TPSA) is 141 Å². The first-order chi connectivity index (χ1) is 9.65. The predicted octanol–water partition coefficient (Wildman–Crippen LogP) is 1.77. The van der Waals surface area contributed by atoms with E-state index in [0.717, 1.165) is 32.1 Å². The van der Waals surface area contributed by atoms with Crippen molar-refractivity contribution in [3.63, 3.8) is 0 Å². The summed E-state index contributed by atoms with van der Waals surface area (Å²) in [5, 5.41) is 31.0. The predicted molar refractivity (Wildman–Crippen MR) is 70.8 cm³/mol. The zero-order chi connectivity index (χ0) is 16.3. The second kappa shape index (κ2) is 5.90. The average Bonchev–Trinajstić information content (AvgIpc) is 2.35. The highest BCUT2D eigenvalue weighted by Crippen LogP contribution is 2.37. The number of aromatic hydroxyl groups is 1. The monoisotopic (exact) mass is 294 g/mol. The highest BCUT2D eigenvalue weighted by molar-refractivity contribution is 6.21. The lowest BCUT2D eigenvalue weighted by atomic mass is 10.0. The third kappa shape index (κ3) is 3.47. The van der Waals surface area contributed by atoms with Crippen LogP contribution in [0, 0.1) is 20.2 Å². The van der Waals surface area contributed by atoms with Crippen molar-refractivity contribution in [3.05, 3.63) is 43.5 Å². The zero-order valence-electron chi connectivity index (χ0n) is 11.0. The van der Waals surface area contributed by atoms with Gasteiger partial charge in [0.1, 0.15) is 0 Å². The molecule has 0 aliphatic heterocycles. The van der Waals surface area contributed by atoms with Crippen LogP contribution in [-0.2, 0) is 9.59 Å². The SMILES string of the molecule is CC(=O)C(=Cc1cc([N+](=O)[O-])c(O)c([N+](=O)[O-])c1)C(C)=O. The minimum atomic E-state index is -1.09. The van der Waals surface area contributed by atoms with Gasteiger partial charge in [0, 0.05) is 12.1 Å². The number of nitro groups is 2. The second-order valence-electron chi connectivity index (χ2n) is 4.09. The number of carbonyl (C=O) groups is 2. The molecule has 0 fully saturated rings. The molecule has 9 nitrogen and oxygen atoms in total. The molecule has 0 saturated carbocycles. The van der Waals surface area contributed by atoms with Crippen LogP contribution in [0.2, 0.25) is 0 Å². The molecule has 0 atom stereocenters. The summed E-state index contributed by atoms with van der Waals surface area (Å²) in [4.78, 5) is 42.1. The Bertz CT molecular complexity index is 640. The zero-order valence-corrected chi connectivity index (χ0v) is 11.0. The molecule has 0 saturated heterocycles. The van der Waals surface area contributed by atoms with Crippen LogP contribution in [0.4, 0.5) is 11.4 Å². The largest absolute Gasteiger partial charge is 0.497 e. The van der Waals surface area contributed by atoms with Crippen LogP contribution in [0.25, 0.3) is 6.08 Å². The van der Waals surface area contributed by atoms with Crippen molar-refractivity contribution in [1.82, 2.24) is 0 Å². The van der Waals surface area contributed by atoms with E-state index in [9.17, 15) is 34.9 Å². The van der Waals surface area contributed by atoms with E-state index in [4.69, 9.17) is 0 Å². The Balaban J connectivity index is 3.61. The maximum atomic E-state index is 11.3. The number of Topliss-reactive ketones (excluding diaryl/α,β-unsaturated/α-hetero) is 2. The number of allylic oxidation sites excluding steroid dienone is 1. The summed E-state index contributed by atoms with van der Waals surface area (Å²) in [5.41, 5.74) is -2.14. The summed E-state index contributed by atoms with van der Waals surface area (Å²) in [7, 11) is 0. The van der Waals surface area contributed by atoms with Crippen LogP contribution in [-0.4, -0.2) is 26.5 Å². The summed E-state index contributed by atoms with van der Waals surface area (Å²) < 4.78 is 0. The third-order valence-corrected chi connectivity index (χ3v) is 2.55. The minimum absolute atomic E-state index is 0.105. The van der Waals surface area contributed by atoms with Gasteiger partial charge in [-0.3, -0.25) is 29.8 Å². The molecular weight excluding hydrogens is 284 g/mol. The van der Waals surface area contributed by atoms with Crippen molar-refractivity contribution >= 4 is 29.0 Å². The highest BCUT2D eigenvalue weighted by Gasteiger charge is 2.26. The summed E-state index contributed by atoms with van der Waals surface area (Å²) in [6.07, 6.45) is 1.00. The Morgan fingerprint density at radius 1 is 1.05 bits per heavy atom. The number of ketones is 2. The fourth-order valence-electron chi connectivity index (χ4n) is 1.60. The fraction of sp³-hybridized carbons (Fsp3) is 0.167. The minimum Gasteiger partial charge on any atom is -0.497 e. The quantitative estimate of drug-likeness (QED) is 0.287. The van der Waals surface area contributed by atoms with Crippen molar-refractivity contribution < 1.29 is 24.5 Å². The Morgan fingerprint density at radius 2 is 1.43 bits per heavy atom. The summed E-state index contributed by atoms with van der Waals surface area (Å²) in [6.45, 7) is 2.24. The van der Waals surface area contributed by atoms with Crippen molar-refractivity contribution in [3.8, 4) is 5.75 Å². The smallest absolute Gasteiger partial charge is 0.318 e. The normalized spacial score (nSPS) is 9.81. The molecule has 1 aromatic rings. The highest BCUT2D eigenvalue weighted by atomic mass is 16.6. The van der Waals surface area contributed by atoms with Gasteiger partial charge in [0.2, 0.25) is 0 Å². The van der Waals surface area contributed by atoms with Crippen LogP contribution < -0.4 is 0 Å². The summed E-state index contributed by atoms with van der Waals surface area (Å²) in [5.74, 6) is -2.25. The lowest BCUT2D eigenvalue weighted by Gasteiger charge is -2.02. The molecule has 0 bridgehead atoms. The number of phenols is 1. The summed E-state index contributed by atoms with van der Waals surface area (Å²) >= 11 is 0. The number of rotatable bonds is 5. The van der Waals surface area contributed by atoms with Gasteiger partial charge in [-0.25, -0.2) is 0 Å². The maximum Gasteiger partial charge on any atom is 0.318 e. The Hall–Kier alpha value is -3.10. The van der Waals surface area contributed by atoms with Crippen molar-refractivity contribution in [2.24, 2.45) is 0 Å². The fourth-order valence-corrected chi connectivity index (χ4v) is 1.60. The van der Waals surface area contributed by atoms with Crippen LogP contribution in [0.3, 0.4) is 0 Å². The van der Waals surface area contributed by atoms with Crippen molar-refractivity contribution in [2.45, 2.75) is 13.8 Å². The van der Waals surface area contributed by atoms with Gasteiger partial charge < -0.3 is 5.11 Å². The molecule has 110 valence electrons. The molecule has 0 aromatic heterocycles. The molecule has 0 heterocycles. The van der Waals surface area contributed by atoms with Crippen LogP contribution >= 0.6 is 0 Å². The molecule has 0 aliphatic carbocycles.